The molecule has 0 saturated heterocycles. The van der Waals surface area contributed by atoms with Gasteiger partial charge in [-0.3, -0.25) is 9.36 Å². The molecule has 10 nitrogen and oxygen atoms in total. The number of tetrazole rings is 1. The number of carboxylic acids is 1. The van der Waals surface area contributed by atoms with E-state index in [0.717, 1.165) is 19.3 Å². The van der Waals surface area contributed by atoms with E-state index in [1.807, 2.05) is 18.2 Å². The molecule has 170 valence electrons. The molecule has 2 aromatic heterocycles. The van der Waals surface area contributed by atoms with Crippen LogP contribution in [-0.2, 0) is 10.5 Å². The predicted molar refractivity (Wildman–Crippen MR) is 121 cm³/mol. The Morgan fingerprint density at radius 3 is 2.64 bits per heavy atom. The molecule has 4 aromatic rings. The standard InChI is InChI=1S/C23H25N7O3/c1-2-3-4-9-14-23(22(32)33,30-15-24-18-12-7-8-13-19(18)30)25-21(31)17-11-6-5-10-16(17)20-26-28-29-27-20/h5-8,10-13,15H,2-4,9,14H2,1H3,(H,25,31)(H,32,33)(H,26,27,28,29). The van der Waals surface area contributed by atoms with Gasteiger partial charge >= 0.3 is 5.97 Å². The van der Waals surface area contributed by atoms with Gasteiger partial charge in [-0.15, -0.1) is 10.2 Å². The fraction of sp³-hybridized carbons (Fsp3) is 0.304. The van der Waals surface area contributed by atoms with E-state index in [4.69, 9.17) is 0 Å². The first-order valence-corrected chi connectivity index (χ1v) is 10.9. The first-order valence-electron chi connectivity index (χ1n) is 10.9. The number of benzene rings is 2. The number of carbonyl (C=O) groups excluding carboxylic acids is 1. The first kappa shape index (κ1) is 22.1. The third-order valence-electron chi connectivity index (χ3n) is 5.69. The Morgan fingerprint density at radius 1 is 1.09 bits per heavy atom. The highest BCUT2D eigenvalue weighted by atomic mass is 16.4. The Balaban J connectivity index is 1.77. The highest BCUT2D eigenvalue weighted by Gasteiger charge is 2.43. The van der Waals surface area contributed by atoms with E-state index in [-0.39, 0.29) is 17.8 Å². The summed E-state index contributed by atoms with van der Waals surface area (Å²) in [4.78, 5) is 30.7. The van der Waals surface area contributed by atoms with E-state index in [2.05, 4.69) is 37.8 Å². The highest BCUT2D eigenvalue weighted by molar-refractivity contribution is 6.02. The summed E-state index contributed by atoms with van der Waals surface area (Å²) in [6, 6.07) is 14.0. The van der Waals surface area contributed by atoms with Gasteiger partial charge in [-0.2, -0.15) is 5.21 Å². The van der Waals surface area contributed by atoms with Crippen LogP contribution in [0.1, 0.15) is 49.4 Å². The minimum absolute atomic E-state index is 0.207. The zero-order valence-electron chi connectivity index (χ0n) is 18.2. The van der Waals surface area contributed by atoms with Crippen molar-refractivity contribution in [1.29, 1.82) is 0 Å². The number of aromatic nitrogens is 6. The van der Waals surface area contributed by atoms with Gasteiger partial charge in [0.25, 0.3) is 5.91 Å². The second kappa shape index (κ2) is 9.60. The number of hydrogen-bond acceptors (Lipinski definition) is 6. The third-order valence-corrected chi connectivity index (χ3v) is 5.69. The number of para-hydroxylation sites is 2. The lowest BCUT2D eigenvalue weighted by molar-refractivity contribution is -0.149. The summed E-state index contributed by atoms with van der Waals surface area (Å²) in [6.45, 7) is 2.09. The Labute approximate surface area is 190 Å². The number of unbranched alkanes of at least 4 members (excludes halogenated alkanes) is 3. The van der Waals surface area contributed by atoms with Crippen molar-refractivity contribution in [3.8, 4) is 11.4 Å². The second-order valence-electron chi connectivity index (χ2n) is 7.81. The SMILES string of the molecule is CCCCCCC(NC(=O)c1ccccc1-c1nn[nH]n1)(C(=O)O)n1cnc2ccccc21. The van der Waals surface area contributed by atoms with E-state index in [1.54, 1.807) is 34.9 Å². The molecule has 0 aliphatic carbocycles. The van der Waals surface area contributed by atoms with E-state index >= 15 is 0 Å². The summed E-state index contributed by atoms with van der Waals surface area (Å²) in [5.74, 6) is -1.46. The molecule has 2 aromatic carbocycles. The number of carboxylic acid groups (broad SMARTS) is 1. The van der Waals surface area contributed by atoms with Crippen LogP contribution in [0.15, 0.2) is 54.9 Å². The topological polar surface area (TPSA) is 139 Å². The van der Waals surface area contributed by atoms with Crippen LogP contribution in [-0.4, -0.2) is 47.2 Å². The lowest BCUT2D eigenvalue weighted by atomic mass is 9.98. The van der Waals surface area contributed by atoms with Crippen molar-refractivity contribution >= 4 is 22.9 Å². The van der Waals surface area contributed by atoms with Crippen LogP contribution in [0.3, 0.4) is 0 Å². The molecule has 0 fully saturated rings. The molecule has 2 heterocycles. The maximum atomic E-state index is 13.5. The Morgan fingerprint density at radius 2 is 1.88 bits per heavy atom. The van der Waals surface area contributed by atoms with Gasteiger partial charge in [0.1, 0.15) is 0 Å². The highest BCUT2D eigenvalue weighted by Crippen LogP contribution is 2.29. The van der Waals surface area contributed by atoms with Gasteiger partial charge in [0.15, 0.2) is 0 Å². The molecule has 0 bridgehead atoms. The van der Waals surface area contributed by atoms with Crippen molar-refractivity contribution < 1.29 is 14.7 Å². The second-order valence-corrected chi connectivity index (χ2v) is 7.81. The van der Waals surface area contributed by atoms with Crippen LogP contribution in [0, 0.1) is 0 Å². The fourth-order valence-electron chi connectivity index (χ4n) is 3.98. The number of nitrogens with zero attached hydrogens (tertiary/aromatic N) is 5. The maximum Gasteiger partial charge on any atom is 0.351 e. The van der Waals surface area contributed by atoms with Crippen molar-refractivity contribution in [2.75, 3.05) is 0 Å². The summed E-state index contributed by atoms with van der Waals surface area (Å²) in [5.41, 5.74) is 0.262. The molecule has 0 aliphatic heterocycles. The number of rotatable bonds is 10. The largest absolute Gasteiger partial charge is 0.478 e. The fourth-order valence-corrected chi connectivity index (χ4v) is 3.98. The predicted octanol–water partition coefficient (Wildman–Crippen LogP) is 3.35. The number of hydrogen-bond donors (Lipinski definition) is 3. The van der Waals surface area contributed by atoms with Gasteiger partial charge < -0.3 is 10.4 Å². The Bertz CT molecular complexity index is 1250. The molecular formula is C23H25N7O3. The van der Waals surface area contributed by atoms with Gasteiger partial charge in [0, 0.05) is 12.0 Å². The van der Waals surface area contributed by atoms with Crippen molar-refractivity contribution in [3.63, 3.8) is 0 Å². The maximum absolute atomic E-state index is 13.5. The van der Waals surface area contributed by atoms with Gasteiger partial charge in [-0.25, -0.2) is 9.78 Å². The van der Waals surface area contributed by atoms with Crippen molar-refractivity contribution in [1.82, 2.24) is 35.5 Å². The average molecular weight is 447 g/mol. The van der Waals surface area contributed by atoms with E-state index in [9.17, 15) is 14.7 Å². The zero-order valence-corrected chi connectivity index (χ0v) is 18.2. The molecule has 10 heteroatoms. The lowest BCUT2D eigenvalue weighted by Crippen LogP contribution is -2.56. The quantitative estimate of drug-likeness (QED) is 0.317. The van der Waals surface area contributed by atoms with Crippen molar-refractivity contribution in [2.45, 2.75) is 44.7 Å². The number of amides is 1. The Hall–Kier alpha value is -4.08. The van der Waals surface area contributed by atoms with E-state index < -0.39 is 17.5 Å². The molecule has 33 heavy (non-hydrogen) atoms. The van der Waals surface area contributed by atoms with Crippen LogP contribution in [0.4, 0.5) is 0 Å². The molecule has 0 saturated carbocycles. The number of carbonyl (C=O) groups is 2. The molecular weight excluding hydrogens is 422 g/mol. The molecule has 4 rings (SSSR count). The van der Waals surface area contributed by atoms with Gasteiger partial charge in [0.05, 0.1) is 22.9 Å². The van der Waals surface area contributed by atoms with Gasteiger partial charge in [0.2, 0.25) is 11.5 Å². The minimum Gasteiger partial charge on any atom is -0.478 e. The van der Waals surface area contributed by atoms with Crippen molar-refractivity contribution in [2.24, 2.45) is 0 Å². The van der Waals surface area contributed by atoms with Crippen LogP contribution in [0.25, 0.3) is 22.4 Å². The van der Waals surface area contributed by atoms with Crippen LogP contribution >= 0.6 is 0 Å². The zero-order chi connectivity index (χ0) is 23.3. The molecule has 0 aliphatic rings. The van der Waals surface area contributed by atoms with Crippen LogP contribution < -0.4 is 5.32 Å². The number of aliphatic carboxylic acids is 1. The molecule has 3 N–H and O–H groups in total. The van der Waals surface area contributed by atoms with Gasteiger partial charge in [-0.1, -0.05) is 56.5 Å². The summed E-state index contributed by atoms with van der Waals surface area (Å²) >= 11 is 0. The average Bonchev–Trinajstić information content (AvgIpc) is 3.51. The smallest absolute Gasteiger partial charge is 0.351 e. The summed E-state index contributed by atoms with van der Waals surface area (Å²) in [6.07, 6.45) is 5.16. The van der Waals surface area contributed by atoms with Crippen molar-refractivity contribution in [3.05, 3.63) is 60.4 Å². The molecule has 1 amide bonds. The molecule has 1 unspecified atom stereocenters. The van der Waals surface area contributed by atoms with E-state index in [0.29, 0.717) is 23.0 Å². The number of aromatic amines is 1. The monoisotopic (exact) mass is 447 g/mol. The first-order chi connectivity index (χ1) is 16.1. The minimum atomic E-state index is -1.72. The number of fused-ring (bicyclic) bond motifs is 1. The van der Waals surface area contributed by atoms with E-state index in [1.165, 1.54) is 6.33 Å². The number of nitrogens with one attached hydrogen (secondary N) is 2. The third kappa shape index (κ3) is 4.32. The van der Waals surface area contributed by atoms with Crippen LogP contribution in [0.5, 0.6) is 0 Å². The summed E-state index contributed by atoms with van der Waals surface area (Å²) in [7, 11) is 0. The molecule has 1 atom stereocenters. The summed E-state index contributed by atoms with van der Waals surface area (Å²) in [5, 5.41) is 27.1. The van der Waals surface area contributed by atoms with Crippen LogP contribution in [0.2, 0.25) is 0 Å². The molecule has 0 spiro atoms. The lowest BCUT2D eigenvalue weighted by Gasteiger charge is -2.33. The normalized spacial score (nSPS) is 13.0. The van der Waals surface area contributed by atoms with Gasteiger partial charge in [-0.05, 0) is 29.8 Å². The number of H-pyrrole nitrogens is 1. The molecule has 0 radical (unpaired) electrons. The summed E-state index contributed by atoms with van der Waals surface area (Å²) < 4.78 is 1.55. The Kier molecular flexibility index (Phi) is 6.43. The number of imidazole rings is 1.